The van der Waals surface area contributed by atoms with Gasteiger partial charge in [0.2, 0.25) is 0 Å². The lowest BCUT2D eigenvalue weighted by molar-refractivity contribution is -0.156. The number of benzene rings is 1. The number of rotatable bonds is 2. The highest BCUT2D eigenvalue weighted by Crippen LogP contribution is 2.26. The molecule has 3 rings (SSSR count). The second-order valence-electron chi connectivity index (χ2n) is 5.29. The van der Waals surface area contributed by atoms with Gasteiger partial charge in [-0.05, 0) is 24.0 Å². The first-order valence-corrected chi connectivity index (χ1v) is 6.88. The van der Waals surface area contributed by atoms with E-state index in [0.717, 1.165) is 17.5 Å². The molecule has 5 heteroatoms. The van der Waals surface area contributed by atoms with Crippen LogP contribution in [0.25, 0.3) is 0 Å². The summed E-state index contributed by atoms with van der Waals surface area (Å²) in [5.74, 6) is -1.14. The number of amides is 1. The van der Waals surface area contributed by atoms with E-state index < -0.39 is 18.1 Å². The summed E-state index contributed by atoms with van der Waals surface area (Å²) in [6.07, 6.45) is 1.44. The van der Waals surface area contributed by atoms with Crippen LogP contribution in [0, 0.1) is 0 Å². The number of aliphatic carboxylic acids is 1. The van der Waals surface area contributed by atoms with Gasteiger partial charge in [0.1, 0.15) is 12.1 Å². The number of carboxylic acid groups (broad SMARTS) is 1. The molecule has 0 radical (unpaired) electrons. The Morgan fingerprint density at radius 2 is 2.00 bits per heavy atom. The summed E-state index contributed by atoms with van der Waals surface area (Å²) in [6, 6.07) is 6.90. The number of carboxylic acids is 1. The van der Waals surface area contributed by atoms with Crippen LogP contribution in [-0.2, 0) is 27.3 Å². The summed E-state index contributed by atoms with van der Waals surface area (Å²) in [5, 5.41) is 9.39. The molecule has 106 valence electrons. The van der Waals surface area contributed by atoms with E-state index in [1.54, 1.807) is 0 Å². The molecule has 0 unspecified atom stereocenters. The fraction of sp³-hybridized carbons (Fsp3) is 0.467. The molecule has 2 heterocycles. The summed E-state index contributed by atoms with van der Waals surface area (Å²) in [4.78, 5) is 25.4. The Morgan fingerprint density at radius 1 is 1.25 bits per heavy atom. The predicted molar refractivity (Wildman–Crippen MR) is 71.1 cm³/mol. The van der Waals surface area contributed by atoms with E-state index in [9.17, 15) is 14.7 Å². The molecule has 20 heavy (non-hydrogen) atoms. The van der Waals surface area contributed by atoms with Crippen LogP contribution >= 0.6 is 0 Å². The number of fused-ring (bicyclic) bond motifs is 1. The van der Waals surface area contributed by atoms with E-state index >= 15 is 0 Å². The fourth-order valence-electron chi connectivity index (χ4n) is 2.93. The Bertz CT molecular complexity index is 536. The van der Waals surface area contributed by atoms with Gasteiger partial charge in [-0.25, -0.2) is 4.79 Å². The lowest BCUT2D eigenvalue weighted by Crippen LogP contribution is -2.51. The number of carbonyl (C=O) groups excluding carboxylic acids is 1. The third kappa shape index (κ3) is 2.29. The summed E-state index contributed by atoms with van der Waals surface area (Å²) in [5.41, 5.74) is 2.03. The van der Waals surface area contributed by atoms with Crippen molar-refractivity contribution in [3.8, 4) is 0 Å². The Balaban J connectivity index is 1.88. The van der Waals surface area contributed by atoms with Gasteiger partial charge in [-0.15, -0.1) is 0 Å². The monoisotopic (exact) mass is 275 g/mol. The Labute approximate surface area is 117 Å². The third-order valence-corrected chi connectivity index (χ3v) is 4.02. The van der Waals surface area contributed by atoms with Crippen molar-refractivity contribution in [3.63, 3.8) is 0 Å². The van der Waals surface area contributed by atoms with Crippen molar-refractivity contribution in [1.29, 1.82) is 0 Å². The van der Waals surface area contributed by atoms with Crippen molar-refractivity contribution in [2.24, 2.45) is 0 Å². The molecule has 1 aromatic rings. The van der Waals surface area contributed by atoms with Crippen molar-refractivity contribution in [3.05, 3.63) is 35.4 Å². The highest BCUT2D eigenvalue weighted by Gasteiger charge is 2.38. The van der Waals surface area contributed by atoms with Crippen LogP contribution in [0.5, 0.6) is 0 Å². The van der Waals surface area contributed by atoms with E-state index in [0.29, 0.717) is 26.0 Å². The molecule has 2 aliphatic rings. The second kappa shape index (κ2) is 5.25. The summed E-state index contributed by atoms with van der Waals surface area (Å²) in [6.45, 7) is 0.935. The summed E-state index contributed by atoms with van der Waals surface area (Å²) >= 11 is 0. The van der Waals surface area contributed by atoms with E-state index in [1.807, 2.05) is 24.3 Å². The van der Waals surface area contributed by atoms with Crippen molar-refractivity contribution in [2.45, 2.75) is 38.0 Å². The zero-order valence-corrected chi connectivity index (χ0v) is 11.1. The van der Waals surface area contributed by atoms with Gasteiger partial charge in [0, 0.05) is 19.6 Å². The predicted octanol–water partition coefficient (Wildman–Crippen LogP) is 1.20. The van der Waals surface area contributed by atoms with Crippen LogP contribution in [0.2, 0.25) is 0 Å². The zero-order chi connectivity index (χ0) is 14.1. The zero-order valence-electron chi connectivity index (χ0n) is 11.1. The molecule has 1 saturated heterocycles. The maximum absolute atomic E-state index is 12.5. The number of hydrogen-bond acceptors (Lipinski definition) is 3. The van der Waals surface area contributed by atoms with Crippen LogP contribution < -0.4 is 0 Å². The average Bonchev–Trinajstić information content (AvgIpc) is 2.99. The van der Waals surface area contributed by atoms with Gasteiger partial charge in [0.05, 0.1) is 0 Å². The molecule has 0 bridgehead atoms. The van der Waals surface area contributed by atoms with E-state index in [-0.39, 0.29) is 5.91 Å². The fourth-order valence-corrected chi connectivity index (χ4v) is 2.93. The van der Waals surface area contributed by atoms with E-state index in [2.05, 4.69) is 0 Å². The molecule has 1 aromatic carbocycles. The Hall–Kier alpha value is -1.88. The molecular weight excluding hydrogens is 258 g/mol. The molecule has 0 saturated carbocycles. The minimum atomic E-state index is -0.953. The smallest absolute Gasteiger partial charge is 0.326 e. The van der Waals surface area contributed by atoms with Gasteiger partial charge in [-0.3, -0.25) is 4.79 Å². The molecule has 0 spiro atoms. The quantitative estimate of drug-likeness (QED) is 0.880. The normalized spacial score (nSPS) is 25.3. The molecule has 2 atom stereocenters. The topological polar surface area (TPSA) is 66.8 Å². The number of nitrogens with zero attached hydrogens (tertiary/aromatic N) is 1. The largest absolute Gasteiger partial charge is 0.480 e. The SMILES string of the molecule is O=C(O)[C@@H]1Cc2ccccc2CN1C(=O)[C@H]1CCCO1. The van der Waals surface area contributed by atoms with Gasteiger partial charge in [0.25, 0.3) is 5.91 Å². The van der Waals surface area contributed by atoms with Crippen LogP contribution in [0.4, 0.5) is 0 Å². The Kier molecular flexibility index (Phi) is 3.44. The van der Waals surface area contributed by atoms with Crippen molar-refractivity contribution < 1.29 is 19.4 Å². The molecule has 2 aliphatic heterocycles. The molecular formula is C15H17NO4. The molecule has 5 nitrogen and oxygen atoms in total. The van der Waals surface area contributed by atoms with Gasteiger partial charge in [-0.1, -0.05) is 24.3 Å². The molecule has 1 fully saturated rings. The number of hydrogen-bond donors (Lipinski definition) is 1. The van der Waals surface area contributed by atoms with Crippen LogP contribution in [0.3, 0.4) is 0 Å². The first-order chi connectivity index (χ1) is 9.66. The standard InChI is InChI=1S/C15H17NO4/c17-14(13-6-3-7-20-13)16-9-11-5-2-1-4-10(11)8-12(16)15(18)19/h1-2,4-5,12-13H,3,6-9H2,(H,18,19)/t12-,13+/m0/s1. The minimum absolute atomic E-state index is 0.190. The van der Waals surface area contributed by atoms with Gasteiger partial charge < -0.3 is 14.7 Å². The average molecular weight is 275 g/mol. The second-order valence-corrected chi connectivity index (χ2v) is 5.29. The van der Waals surface area contributed by atoms with Crippen LogP contribution in [-0.4, -0.2) is 40.6 Å². The lowest BCUT2D eigenvalue weighted by Gasteiger charge is -2.35. The van der Waals surface area contributed by atoms with Crippen LogP contribution in [0.1, 0.15) is 24.0 Å². The molecule has 1 amide bonds. The van der Waals surface area contributed by atoms with Gasteiger partial charge in [0.15, 0.2) is 0 Å². The van der Waals surface area contributed by atoms with Crippen molar-refractivity contribution in [2.75, 3.05) is 6.61 Å². The minimum Gasteiger partial charge on any atom is -0.480 e. The first-order valence-electron chi connectivity index (χ1n) is 6.88. The van der Waals surface area contributed by atoms with E-state index in [1.165, 1.54) is 4.90 Å². The van der Waals surface area contributed by atoms with E-state index in [4.69, 9.17) is 4.74 Å². The highest BCUT2D eigenvalue weighted by molar-refractivity contribution is 5.87. The Morgan fingerprint density at radius 3 is 2.65 bits per heavy atom. The maximum Gasteiger partial charge on any atom is 0.326 e. The molecule has 1 N–H and O–H groups in total. The van der Waals surface area contributed by atoms with Crippen LogP contribution in [0.15, 0.2) is 24.3 Å². The van der Waals surface area contributed by atoms with Gasteiger partial charge in [-0.2, -0.15) is 0 Å². The number of carbonyl (C=O) groups is 2. The maximum atomic E-state index is 12.5. The summed E-state index contributed by atoms with van der Waals surface area (Å²) < 4.78 is 5.40. The van der Waals surface area contributed by atoms with Crippen molar-refractivity contribution >= 4 is 11.9 Å². The summed E-state index contributed by atoms with van der Waals surface area (Å²) in [7, 11) is 0. The highest BCUT2D eigenvalue weighted by atomic mass is 16.5. The first kappa shape index (κ1) is 13.1. The van der Waals surface area contributed by atoms with Gasteiger partial charge >= 0.3 is 5.97 Å². The third-order valence-electron chi connectivity index (χ3n) is 4.02. The molecule has 0 aromatic heterocycles. The number of ether oxygens (including phenoxy) is 1. The molecule has 0 aliphatic carbocycles. The van der Waals surface area contributed by atoms with Crippen molar-refractivity contribution in [1.82, 2.24) is 4.90 Å². The lowest BCUT2D eigenvalue weighted by atomic mass is 9.93.